The number of unbranched alkanes of at least 4 members (excludes halogenated alkanes) is 1. The van der Waals surface area contributed by atoms with Crippen LogP contribution in [-0.2, 0) is 13.0 Å². The predicted molar refractivity (Wildman–Crippen MR) is 93.5 cm³/mol. The number of imidazole rings is 1. The third-order valence-electron chi connectivity index (χ3n) is 4.63. The second kappa shape index (κ2) is 7.51. The third kappa shape index (κ3) is 3.61. The van der Waals surface area contributed by atoms with Gasteiger partial charge in [-0.05, 0) is 30.5 Å². The number of carbonyl (C=O) groups is 1. The highest BCUT2D eigenvalue weighted by Gasteiger charge is 2.23. The first-order valence-electron chi connectivity index (χ1n) is 8.69. The van der Waals surface area contributed by atoms with Crippen molar-refractivity contribution >= 4 is 5.91 Å². The smallest absolute Gasteiger partial charge is 0.271 e. The number of aryl methyl sites for hydroxylation is 1. The van der Waals surface area contributed by atoms with Crippen molar-refractivity contribution in [2.24, 2.45) is 0 Å². The molecule has 1 aliphatic rings. The quantitative estimate of drug-likeness (QED) is 0.829. The van der Waals surface area contributed by atoms with E-state index in [1.807, 2.05) is 18.3 Å². The monoisotopic (exact) mass is 327 g/mol. The molecule has 5 heteroatoms. The van der Waals surface area contributed by atoms with Gasteiger partial charge >= 0.3 is 0 Å². The molecule has 3 rings (SSSR count). The molecular formula is C19H25N3O2. The lowest BCUT2D eigenvalue weighted by Crippen LogP contribution is -2.24. The maximum Gasteiger partial charge on any atom is 0.271 e. The van der Waals surface area contributed by atoms with Gasteiger partial charge in [0.05, 0.1) is 7.11 Å². The van der Waals surface area contributed by atoms with Crippen LogP contribution in [0.4, 0.5) is 0 Å². The van der Waals surface area contributed by atoms with E-state index in [0.29, 0.717) is 18.2 Å². The minimum Gasteiger partial charge on any atom is -0.497 e. The minimum atomic E-state index is -0.0636. The Morgan fingerprint density at radius 2 is 2.17 bits per heavy atom. The number of hydrogen-bond acceptors (Lipinski definition) is 3. The zero-order valence-electron chi connectivity index (χ0n) is 14.4. The van der Waals surface area contributed by atoms with Gasteiger partial charge in [0, 0.05) is 31.6 Å². The van der Waals surface area contributed by atoms with Gasteiger partial charge in [0.25, 0.3) is 5.91 Å². The summed E-state index contributed by atoms with van der Waals surface area (Å²) >= 11 is 0. The molecule has 1 amide bonds. The molecule has 0 aliphatic carbocycles. The molecule has 5 nitrogen and oxygen atoms in total. The fourth-order valence-corrected chi connectivity index (χ4v) is 3.17. The van der Waals surface area contributed by atoms with E-state index < -0.39 is 0 Å². The van der Waals surface area contributed by atoms with Gasteiger partial charge in [-0.25, -0.2) is 4.98 Å². The standard InChI is InChI=1S/C19H25N3O2/c1-3-4-11-20-19(23)17-13-22-12-15(7-10-18(22)21-17)14-5-8-16(24-2)9-6-14/h5-6,8-9,13,15H,3-4,7,10-12H2,1-2H3,(H,20,23)/t15-/m1/s1. The number of aromatic nitrogens is 2. The molecule has 1 aliphatic heterocycles. The molecule has 2 aromatic rings. The van der Waals surface area contributed by atoms with Crippen molar-refractivity contribution < 1.29 is 9.53 Å². The van der Waals surface area contributed by atoms with Gasteiger partial charge in [-0.1, -0.05) is 25.5 Å². The normalized spacial score (nSPS) is 16.5. The number of benzene rings is 1. The molecule has 1 aromatic heterocycles. The van der Waals surface area contributed by atoms with Gasteiger partial charge in [-0.15, -0.1) is 0 Å². The first kappa shape index (κ1) is 16.6. The van der Waals surface area contributed by atoms with Crippen molar-refractivity contribution in [1.29, 1.82) is 0 Å². The van der Waals surface area contributed by atoms with Crippen LogP contribution in [0.1, 0.15) is 54.0 Å². The number of fused-ring (bicyclic) bond motifs is 1. The molecule has 0 spiro atoms. The lowest BCUT2D eigenvalue weighted by atomic mass is 9.91. The van der Waals surface area contributed by atoms with Gasteiger partial charge in [0.15, 0.2) is 0 Å². The number of ether oxygens (including phenoxy) is 1. The SMILES string of the molecule is CCCCNC(=O)c1cn2c(n1)CC[C@@H](c1ccc(OC)cc1)C2. The summed E-state index contributed by atoms with van der Waals surface area (Å²) in [5.74, 6) is 2.28. The van der Waals surface area contributed by atoms with Gasteiger partial charge in [-0.2, -0.15) is 0 Å². The summed E-state index contributed by atoms with van der Waals surface area (Å²) in [5, 5.41) is 2.94. The van der Waals surface area contributed by atoms with Crippen molar-refractivity contribution in [2.75, 3.05) is 13.7 Å². The Morgan fingerprint density at radius 3 is 2.88 bits per heavy atom. The second-order valence-corrected chi connectivity index (χ2v) is 6.31. The lowest BCUT2D eigenvalue weighted by Gasteiger charge is -2.24. The van der Waals surface area contributed by atoms with E-state index in [-0.39, 0.29) is 5.91 Å². The number of nitrogens with one attached hydrogen (secondary N) is 1. The van der Waals surface area contributed by atoms with Crippen molar-refractivity contribution in [3.8, 4) is 5.75 Å². The number of hydrogen-bond donors (Lipinski definition) is 1. The van der Waals surface area contributed by atoms with E-state index in [1.165, 1.54) is 5.56 Å². The van der Waals surface area contributed by atoms with Crippen LogP contribution in [0.3, 0.4) is 0 Å². The molecule has 0 saturated heterocycles. The van der Waals surface area contributed by atoms with Crippen molar-refractivity contribution in [3.63, 3.8) is 0 Å². The third-order valence-corrected chi connectivity index (χ3v) is 4.63. The van der Waals surface area contributed by atoms with Crippen LogP contribution in [-0.4, -0.2) is 29.1 Å². The van der Waals surface area contributed by atoms with E-state index in [9.17, 15) is 4.79 Å². The van der Waals surface area contributed by atoms with E-state index >= 15 is 0 Å². The molecule has 1 N–H and O–H groups in total. The maximum absolute atomic E-state index is 12.2. The van der Waals surface area contributed by atoms with Gasteiger partial charge in [0.1, 0.15) is 17.3 Å². The molecule has 0 fully saturated rings. The van der Waals surface area contributed by atoms with Crippen LogP contribution < -0.4 is 10.1 Å². The van der Waals surface area contributed by atoms with Crippen molar-refractivity contribution in [3.05, 3.63) is 47.5 Å². The molecule has 2 heterocycles. The summed E-state index contributed by atoms with van der Waals surface area (Å²) in [5.41, 5.74) is 1.85. The van der Waals surface area contributed by atoms with Crippen molar-refractivity contribution in [2.45, 2.75) is 45.1 Å². The van der Waals surface area contributed by atoms with Crippen LogP contribution >= 0.6 is 0 Å². The number of rotatable bonds is 6. The topological polar surface area (TPSA) is 56.2 Å². The molecule has 0 bridgehead atoms. The fourth-order valence-electron chi connectivity index (χ4n) is 3.17. The Kier molecular flexibility index (Phi) is 5.18. The molecule has 128 valence electrons. The Bertz CT molecular complexity index is 691. The van der Waals surface area contributed by atoms with E-state index in [4.69, 9.17) is 4.74 Å². The minimum absolute atomic E-state index is 0.0636. The van der Waals surface area contributed by atoms with Gasteiger partial charge < -0.3 is 14.6 Å². The molecule has 0 radical (unpaired) electrons. The largest absolute Gasteiger partial charge is 0.497 e. The van der Waals surface area contributed by atoms with Crippen LogP contribution in [0.25, 0.3) is 0 Å². The van der Waals surface area contributed by atoms with E-state index in [0.717, 1.165) is 43.8 Å². The Morgan fingerprint density at radius 1 is 1.38 bits per heavy atom. The fraction of sp³-hybridized carbons (Fsp3) is 0.474. The van der Waals surface area contributed by atoms with Crippen LogP contribution in [0, 0.1) is 0 Å². The number of carbonyl (C=O) groups excluding carboxylic acids is 1. The molecule has 24 heavy (non-hydrogen) atoms. The predicted octanol–water partition coefficient (Wildman–Crippen LogP) is 3.15. The highest BCUT2D eigenvalue weighted by Crippen LogP contribution is 2.29. The van der Waals surface area contributed by atoms with Crippen molar-refractivity contribution in [1.82, 2.24) is 14.9 Å². The lowest BCUT2D eigenvalue weighted by molar-refractivity contribution is 0.0948. The average Bonchev–Trinajstić information content (AvgIpc) is 3.05. The summed E-state index contributed by atoms with van der Waals surface area (Å²) in [7, 11) is 1.68. The molecule has 0 unspecified atom stereocenters. The number of amides is 1. The van der Waals surface area contributed by atoms with Crippen LogP contribution in [0.15, 0.2) is 30.5 Å². The summed E-state index contributed by atoms with van der Waals surface area (Å²) < 4.78 is 7.36. The molecule has 1 aromatic carbocycles. The summed E-state index contributed by atoms with van der Waals surface area (Å²) in [6.45, 7) is 3.70. The zero-order chi connectivity index (χ0) is 16.9. The van der Waals surface area contributed by atoms with E-state index in [2.05, 4.69) is 33.9 Å². The average molecular weight is 327 g/mol. The van der Waals surface area contributed by atoms with E-state index in [1.54, 1.807) is 7.11 Å². The Balaban J connectivity index is 1.68. The van der Waals surface area contributed by atoms with Crippen LogP contribution in [0.5, 0.6) is 5.75 Å². The van der Waals surface area contributed by atoms with Gasteiger partial charge in [-0.3, -0.25) is 4.79 Å². The first-order chi connectivity index (χ1) is 11.7. The highest BCUT2D eigenvalue weighted by molar-refractivity contribution is 5.92. The van der Waals surface area contributed by atoms with Crippen LogP contribution in [0.2, 0.25) is 0 Å². The zero-order valence-corrected chi connectivity index (χ0v) is 14.4. The molecule has 1 atom stereocenters. The molecular weight excluding hydrogens is 302 g/mol. The first-order valence-corrected chi connectivity index (χ1v) is 8.69. The maximum atomic E-state index is 12.2. The number of methoxy groups -OCH3 is 1. The molecule has 0 saturated carbocycles. The summed E-state index contributed by atoms with van der Waals surface area (Å²) in [6.07, 6.45) is 5.92. The Labute approximate surface area is 143 Å². The second-order valence-electron chi connectivity index (χ2n) is 6.31. The highest BCUT2D eigenvalue weighted by atomic mass is 16.5. The van der Waals surface area contributed by atoms with Gasteiger partial charge in [0.2, 0.25) is 0 Å². The number of nitrogens with zero attached hydrogens (tertiary/aromatic N) is 2. The Hall–Kier alpha value is -2.30. The summed E-state index contributed by atoms with van der Waals surface area (Å²) in [6, 6.07) is 8.27. The summed E-state index contributed by atoms with van der Waals surface area (Å²) in [4.78, 5) is 16.7.